The van der Waals surface area contributed by atoms with Crippen LogP contribution in [0.15, 0.2) is 24.3 Å². The Hall–Kier alpha value is -2.87. The quantitative estimate of drug-likeness (QED) is 0.735. The molecule has 0 N–H and O–H groups in total. The number of fused-ring (bicyclic) bond motifs is 1. The molecule has 4 rings (SSSR count). The Morgan fingerprint density at radius 2 is 2.00 bits per heavy atom. The van der Waals surface area contributed by atoms with Crippen LogP contribution in [-0.4, -0.2) is 53.5 Å². The molecule has 164 valence electrons. The summed E-state index contributed by atoms with van der Waals surface area (Å²) in [7, 11) is 1.52. The number of ether oxygens (including phenoxy) is 1. The van der Waals surface area contributed by atoms with Gasteiger partial charge in [0.2, 0.25) is 11.8 Å². The highest BCUT2D eigenvalue weighted by Crippen LogP contribution is 2.33. The lowest BCUT2D eigenvalue weighted by Gasteiger charge is -2.33. The fourth-order valence-corrected chi connectivity index (χ4v) is 4.37. The molecule has 7 nitrogen and oxygen atoms in total. The highest BCUT2D eigenvalue weighted by molar-refractivity contribution is 5.95. The number of piperidine rings is 1. The van der Waals surface area contributed by atoms with Gasteiger partial charge in [0, 0.05) is 43.8 Å². The zero-order chi connectivity index (χ0) is 22.0. The number of carbonyl (C=O) groups is 2. The van der Waals surface area contributed by atoms with Gasteiger partial charge in [-0.3, -0.25) is 14.5 Å². The predicted molar refractivity (Wildman–Crippen MR) is 113 cm³/mol. The summed E-state index contributed by atoms with van der Waals surface area (Å²) in [6.07, 6.45) is 2.55. The van der Waals surface area contributed by atoms with Crippen LogP contribution < -0.4 is 4.90 Å². The Kier molecular flexibility index (Phi) is 6.27. The van der Waals surface area contributed by atoms with E-state index < -0.39 is 0 Å². The number of hydrogen-bond donors (Lipinski definition) is 0. The number of hydrogen-bond acceptors (Lipinski definition) is 5. The van der Waals surface area contributed by atoms with Gasteiger partial charge in [-0.15, -0.1) is 0 Å². The summed E-state index contributed by atoms with van der Waals surface area (Å²) in [4.78, 5) is 37.9. The maximum Gasteiger partial charge on any atom is 0.248 e. The number of benzene rings is 1. The van der Waals surface area contributed by atoms with Crippen molar-refractivity contribution in [1.29, 1.82) is 0 Å². The molecule has 1 aromatic carbocycles. The van der Waals surface area contributed by atoms with Crippen LogP contribution in [0.3, 0.4) is 0 Å². The molecule has 2 aromatic rings. The number of amides is 2. The third-order valence-corrected chi connectivity index (χ3v) is 6.07. The van der Waals surface area contributed by atoms with E-state index in [1.165, 1.54) is 19.2 Å². The normalized spacial score (nSPS) is 17.1. The van der Waals surface area contributed by atoms with Gasteiger partial charge in [-0.05, 0) is 43.9 Å². The van der Waals surface area contributed by atoms with Crippen molar-refractivity contribution in [2.75, 3.05) is 31.7 Å². The molecule has 3 heterocycles. The summed E-state index contributed by atoms with van der Waals surface area (Å²) in [5, 5.41) is 0. The van der Waals surface area contributed by atoms with Gasteiger partial charge in [-0.1, -0.05) is 12.1 Å². The second kappa shape index (κ2) is 9.09. The predicted octanol–water partition coefficient (Wildman–Crippen LogP) is 2.76. The van der Waals surface area contributed by atoms with Crippen LogP contribution in [0.2, 0.25) is 0 Å². The van der Waals surface area contributed by atoms with Crippen molar-refractivity contribution in [3.05, 3.63) is 52.7 Å². The molecule has 8 heteroatoms. The molecule has 2 aliphatic rings. The highest BCUT2D eigenvalue weighted by atomic mass is 19.1. The first kappa shape index (κ1) is 21.4. The molecular formula is C23H27FN4O3. The molecule has 0 bridgehead atoms. The van der Waals surface area contributed by atoms with Crippen molar-refractivity contribution >= 4 is 17.6 Å². The van der Waals surface area contributed by atoms with E-state index in [0.29, 0.717) is 37.6 Å². The summed E-state index contributed by atoms with van der Waals surface area (Å²) in [6, 6.07) is 6.30. The largest absolute Gasteiger partial charge is 0.375 e. The van der Waals surface area contributed by atoms with Crippen LogP contribution in [0.4, 0.5) is 10.2 Å². The van der Waals surface area contributed by atoms with Crippen LogP contribution in [0.5, 0.6) is 0 Å². The fraction of sp³-hybridized carbons (Fsp3) is 0.478. The molecule has 0 atom stereocenters. The molecule has 0 saturated carbocycles. The maximum atomic E-state index is 13.7. The highest BCUT2D eigenvalue weighted by Gasteiger charge is 2.31. The molecule has 2 amide bonds. The Morgan fingerprint density at radius 3 is 2.71 bits per heavy atom. The second-order valence-corrected chi connectivity index (χ2v) is 8.17. The number of halogens is 1. The van der Waals surface area contributed by atoms with E-state index in [2.05, 4.69) is 0 Å². The Balaban J connectivity index is 1.57. The zero-order valence-corrected chi connectivity index (χ0v) is 17.9. The molecule has 2 aliphatic heterocycles. The van der Waals surface area contributed by atoms with Gasteiger partial charge < -0.3 is 9.64 Å². The first-order valence-corrected chi connectivity index (χ1v) is 10.6. The lowest BCUT2D eigenvalue weighted by atomic mass is 9.94. The Labute approximate surface area is 181 Å². The van der Waals surface area contributed by atoms with Crippen molar-refractivity contribution in [2.45, 2.75) is 45.1 Å². The molecular weight excluding hydrogens is 399 g/mol. The lowest BCUT2D eigenvalue weighted by Crippen LogP contribution is -2.40. The lowest BCUT2D eigenvalue weighted by molar-refractivity contribution is -0.136. The van der Waals surface area contributed by atoms with E-state index in [1.54, 1.807) is 11.0 Å². The SMILES string of the molecule is COCC(=O)N1CCC(c2nc(C)c3c(n2)N(Cc2cccc(F)c2)C(=O)CC3)CC1. The van der Waals surface area contributed by atoms with Crippen LogP contribution in [-0.2, 0) is 27.3 Å². The van der Waals surface area contributed by atoms with Gasteiger partial charge in [-0.2, -0.15) is 0 Å². The van der Waals surface area contributed by atoms with E-state index in [4.69, 9.17) is 14.7 Å². The molecule has 31 heavy (non-hydrogen) atoms. The monoisotopic (exact) mass is 426 g/mol. The minimum Gasteiger partial charge on any atom is -0.375 e. The standard InChI is InChI=1S/C23H27FN4O3/c1-15-19-6-7-20(29)28(13-16-4-3-5-18(24)12-16)23(19)26-22(25-15)17-8-10-27(11-9-17)21(30)14-31-2/h3-5,12,17H,6-11,13-14H2,1-2H3. The van der Waals surface area contributed by atoms with Crippen LogP contribution in [0, 0.1) is 12.7 Å². The topological polar surface area (TPSA) is 75.6 Å². The van der Waals surface area contributed by atoms with Gasteiger partial charge in [0.05, 0.1) is 6.54 Å². The summed E-state index contributed by atoms with van der Waals surface area (Å²) in [6.45, 7) is 3.60. The van der Waals surface area contributed by atoms with E-state index >= 15 is 0 Å². The smallest absolute Gasteiger partial charge is 0.248 e. The average molecular weight is 426 g/mol. The number of nitrogens with zero attached hydrogens (tertiary/aromatic N) is 4. The van der Waals surface area contributed by atoms with E-state index in [-0.39, 0.29) is 36.7 Å². The summed E-state index contributed by atoms with van der Waals surface area (Å²) in [5.74, 6) is 1.14. The Morgan fingerprint density at radius 1 is 1.23 bits per heavy atom. The summed E-state index contributed by atoms with van der Waals surface area (Å²) >= 11 is 0. The second-order valence-electron chi connectivity index (χ2n) is 8.17. The van der Waals surface area contributed by atoms with Gasteiger partial charge in [0.15, 0.2) is 0 Å². The van der Waals surface area contributed by atoms with Crippen LogP contribution in [0.25, 0.3) is 0 Å². The number of anilines is 1. The minimum absolute atomic E-state index is 0.00430. The minimum atomic E-state index is -0.323. The Bertz CT molecular complexity index is 989. The van der Waals surface area contributed by atoms with Crippen molar-refractivity contribution in [2.24, 2.45) is 0 Å². The summed E-state index contributed by atoms with van der Waals surface area (Å²) < 4.78 is 18.6. The third kappa shape index (κ3) is 4.58. The van der Waals surface area contributed by atoms with Gasteiger partial charge in [0.25, 0.3) is 0 Å². The van der Waals surface area contributed by atoms with Gasteiger partial charge >= 0.3 is 0 Å². The van der Waals surface area contributed by atoms with Crippen molar-refractivity contribution < 1.29 is 18.7 Å². The first-order chi connectivity index (χ1) is 15.0. The van der Waals surface area contributed by atoms with Crippen molar-refractivity contribution in [3.63, 3.8) is 0 Å². The molecule has 1 aromatic heterocycles. The van der Waals surface area contributed by atoms with E-state index in [9.17, 15) is 14.0 Å². The van der Waals surface area contributed by atoms with Crippen LogP contribution >= 0.6 is 0 Å². The molecule has 0 spiro atoms. The average Bonchev–Trinajstić information content (AvgIpc) is 2.76. The number of carbonyl (C=O) groups excluding carboxylic acids is 2. The van der Waals surface area contributed by atoms with E-state index in [1.807, 2.05) is 17.9 Å². The first-order valence-electron chi connectivity index (χ1n) is 10.6. The van der Waals surface area contributed by atoms with Crippen molar-refractivity contribution in [3.8, 4) is 0 Å². The van der Waals surface area contributed by atoms with Crippen LogP contribution in [0.1, 0.15) is 47.8 Å². The van der Waals surface area contributed by atoms with Gasteiger partial charge in [0.1, 0.15) is 24.1 Å². The van der Waals surface area contributed by atoms with E-state index in [0.717, 1.165) is 29.7 Å². The number of aryl methyl sites for hydroxylation is 1. The number of methoxy groups -OCH3 is 1. The molecule has 1 fully saturated rings. The molecule has 1 saturated heterocycles. The number of aromatic nitrogens is 2. The molecule has 0 unspecified atom stereocenters. The molecule has 0 radical (unpaired) electrons. The fourth-order valence-electron chi connectivity index (χ4n) is 4.37. The third-order valence-electron chi connectivity index (χ3n) is 6.07. The molecule has 0 aliphatic carbocycles. The zero-order valence-electron chi connectivity index (χ0n) is 17.9. The van der Waals surface area contributed by atoms with Gasteiger partial charge in [-0.25, -0.2) is 14.4 Å². The number of likely N-dealkylation sites (tertiary alicyclic amines) is 1. The maximum absolute atomic E-state index is 13.7. The summed E-state index contributed by atoms with van der Waals surface area (Å²) in [5.41, 5.74) is 2.59. The van der Waals surface area contributed by atoms with Crippen molar-refractivity contribution in [1.82, 2.24) is 14.9 Å². The number of rotatable bonds is 5.